The monoisotopic (exact) mass is 317 g/mol. The Morgan fingerprint density at radius 1 is 1.38 bits per heavy atom. The number of rotatable bonds is 8. The molecule has 0 amide bonds. The number of hydrogen-bond acceptors (Lipinski definition) is 5. The Labute approximate surface area is 123 Å². The molecule has 8 heteroatoms. The van der Waals surface area contributed by atoms with Crippen molar-refractivity contribution < 1.29 is 27.8 Å². The lowest BCUT2D eigenvalue weighted by Crippen LogP contribution is -2.33. The topological polar surface area (TPSA) is 102 Å². The van der Waals surface area contributed by atoms with Gasteiger partial charge in [0.2, 0.25) is 10.0 Å². The van der Waals surface area contributed by atoms with Crippen LogP contribution in [0, 0.1) is 0 Å². The first-order valence-electron chi connectivity index (χ1n) is 6.24. The Hall–Kier alpha value is -1.64. The van der Waals surface area contributed by atoms with Gasteiger partial charge in [-0.25, -0.2) is 17.9 Å². The average molecular weight is 317 g/mol. The molecule has 1 aromatic carbocycles. The molecule has 7 nitrogen and oxygen atoms in total. The van der Waals surface area contributed by atoms with Gasteiger partial charge in [0.1, 0.15) is 10.6 Å². The molecule has 1 unspecified atom stereocenters. The van der Waals surface area contributed by atoms with Crippen LogP contribution in [0.2, 0.25) is 0 Å². The molecule has 2 N–H and O–H groups in total. The van der Waals surface area contributed by atoms with Gasteiger partial charge in [-0.05, 0) is 31.5 Å². The maximum atomic E-state index is 12.3. The maximum Gasteiger partial charge on any atom is 0.335 e. The van der Waals surface area contributed by atoms with E-state index in [1.165, 1.54) is 32.4 Å². The summed E-state index contributed by atoms with van der Waals surface area (Å²) in [5.41, 5.74) is -0.0433. The van der Waals surface area contributed by atoms with Crippen molar-refractivity contribution >= 4 is 16.0 Å². The van der Waals surface area contributed by atoms with E-state index in [4.69, 9.17) is 14.6 Å². The highest BCUT2D eigenvalue weighted by Crippen LogP contribution is 2.25. The molecule has 1 rings (SSSR count). The number of nitrogens with one attached hydrogen (secondary N) is 1. The highest BCUT2D eigenvalue weighted by atomic mass is 32.2. The number of sulfonamides is 1. The molecule has 0 heterocycles. The lowest BCUT2D eigenvalue weighted by atomic mass is 10.2. The summed E-state index contributed by atoms with van der Waals surface area (Å²) in [6.45, 7) is 2.15. The van der Waals surface area contributed by atoms with Gasteiger partial charge in [0.25, 0.3) is 0 Å². The Kier molecular flexibility index (Phi) is 6.13. The molecular formula is C13H19NO6S. The molecule has 0 aliphatic carbocycles. The predicted octanol–water partition coefficient (Wildman–Crippen LogP) is 1.10. The molecule has 1 aromatic rings. The largest absolute Gasteiger partial charge is 0.495 e. The van der Waals surface area contributed by atoms with E-state index in [0.29, 0.717) is 13.0 Å². The number of aromatic carboxylic acids is 1. The summed E-state index contributed by atoms with van der Waals surface area (Å²) >= 11 is 0. The number of carboxylic acid groups (broad SMARTS) is 1. The SMILES string of the molecule is COCCC(C)NS(=O)(=O)c1ccc(C(=O)O)cc1OC. The molecule has 0 saturated heterocycles. The van der Waals surface area contributed by atoms with Crippen molar-refractivity contribution in [1.29, 1.82) is 0 Å². The highest BCUT2D eigenvalue weighted by Gasteiger charge is 2.22. The molecule has 21 heavy (non-hydrogen) atoms. The number of hydrogen-bond donors (Lipinski definition) is 2. The molecule has 0 radical (unpaired) electrons. The van der Waals surface area contributed by atoms with Crippen LogP contribution in [0.15, 0.2) is 23.1 Å². The third kappa shape index (κ3) is 4.69. The van der Waals surface area contributed by atoms with E-state index in [2.05, 4.69) is 4.72 Å². The molecule has 0 aromatic heterocycles. The summed E-state index contributed by atoms with van der Waals surface area (Å²) in [6.07, 6.45) is 0.519. The molecule has 0 bridgehead atoms. The summed E-state index contributed by atoms with van der Waals surface area (Å²) in [7, 11) is -0.976. The van der Waals surface area contributed by atoms with Gasteiger partial charge in [-0.1, -0.05) is 0 Å². The molecule has 0 fully saturated rings. The van der Waals surface area contributed by atoms with E-state index < -0.39 is 16.0 Å². The molecule has 0 saturated carbocycles. The Balaban J connectivity index is 3.05. The van der Waals surface area contributed by atoms with Crippen molar-refractivity contribution in [3.63, 3.8) is 0 Å². The zero-order chi connectivity index (χ0) is 16.0. The summed E-state index contributed by atoms with van der Waals surface area (Å²) in [6, 6.07) is 3.29. The second-order valence-corrected chi connectivity index (χ2v) is 6.16. The van der Waals surface area contributed by atoms with Gasteiger partial charge in [-0.2, -0.15) is 0 Å². The predicted molar refractivity (Wildman–Crippen MR) is 76.2 cm³/mol. The summed E-state index contributed by atoms with van der Waals surface area (Å²) in [5.74, 6) is -1.17. The van der Waals surface area contributed by atoms with Gasteiger partial charge in [-0.3, -0.25) is 0 Å². The van der Waals surface area contributed by atoms with E-state index in [9.17, 15) is 13.2 Å². The van der Waals surface area contributed by atoms with Crippen LogP contribution in [0.3, 0.4) is 0 Å². The fourth-order valence-corrected chi connectivity index (χ4v) is 3.13. The highest BCUT2D eigenvalue weighted by molar-refractivity contribution is 7.89. The lowest BCUT2D eigenvalue weighted by Gasteiger charge is -2.15. The van der Waals surface area contributed by atoms with E-state index in [0.717, 1.165) is 0 Å². The van der Waals surface area contributed by atoms with Crippen molar-refractivity contribution in [3.05, 3.63) is 23.8 Å². The molecular weight excluding hydrogens is 298 g/mol. The first-order chi connectivity index (χ1) is 9.81. The van der Waals surface area contributed by atoms with Gasteiger partial charge in [0, 0.05) is 19.8 Å². The van der Waals surface area contributed by atoms with E-state index in [-0.39, 0.29) is 22.3 Å². The van der Waals surface area contributed by atoms with Crippen LogP contribution >= 0.6 is 0 Å². The van der Waals surface area contributed by atoms with E-state index in [1.54, 1.807) is 6.92 Å². The fourth-order valence-electron chi connectivity index (χ4n) is 1.70. The first kappa shape index (κ1) is 17.4. The number of ether oxygens (including phenoxy) is 2. The second kappa shape index (κ2) is 7.39. The van der Waals surface area contributed by atoms with E-state index >= 15 is 0 Å². The van der Waals surface area contributed by atoms with Gasteiger partial charge in [0.05, 0.1) is 12.7 Å². The van der Waals surface area contributed by atoms with Crippen molar-refractivity contribution in [3.8, 4) is 5.75 Å². The third-order valence-electron chi connectivity index (χ3n) is 2.81. The van der Waals surface area contributed by atoms with Crippen molar-refractivity contribution in [2.45, 2.75) is 24.3 Å². The van der Waals surface area contributed by atoms with Crippen LogP contribution < -0.4 is 9.46 Å². The van der Waals surface area contributed by atoms with E-state index in [1.807, 2.05) is 0 Å². The number of carboxylic acids is 1. The molecule has 0 aliphatic heterocycles. The Morgan fingerprint density at radius 2 is 2.05 bits per heavy atom. The van der Waals surface area contributed by atoms with Gasteiger partial charge >= 0.3 is 5.97 Å². The normalized spacial score (nSPS) is 12.9. The average Bonchev–Trinajstić information content (AvgIpc) is 2.43. The maximum absolute atomic E-state index is 12.3. The zero-order valence-corrected chi connectivity index (χ0v) is 12.9. The molecule has 1 atom stereocenters. The van der Waals surface area contributed by atoms with Gasteiger partial charge in [0.15, 0.2) is 0 Å². The van der Waals surface area contributed by atoms with Crippen LogP contribution in [0.4, 0.5) is 0 Å². The Morgan fingerprint density at radius 3 is 2.57 bits per heavy atom. The van der Waals surface area contributed by atoms with Crippen LogP contribution in [-0.2, 0) is 14.8 Å². The lowest BCUT2D eigenvalue weighted by molar-refractivity contribution is 0.0696. The molecule has 0 spiro atoms. The quantitative estimate of drug-likeness (QED) is 0.744. The van der Waals surface area contributed by atoms with Crippen LogP contribution in [0.25, 0.3) is 0 Å². The van der Waals surface area contributed by atoms with Crippen molar-refractivity contribution in [1.82, 2.24) is 4.72 Å². The minimum Gasteiger partial charge on any atom is -0.495 e. The van der Waals surface area contributed by atoms with Crippen LogP contribution in [0.5, 0.6) is 5.75 Å². The smallest absolute Gasteiger partial charge is 0.335 e. The minimum absolute atomic E-state index is 0.0126. The number of benzene rings is 1. The summed E-state index contributed by atoms with van der Waals surface area (Å²) < 4.78 is 36.9. The minimum atomic E-state index is -3.80. The first-order valence-corrected chi connectivity index (χ1v) is 7.72. The van der Waals surface area contributed by atoms with Crippen molar-refractivity contribution in [2.24, 2.45) is 0 Å². The number of carbonyl (C=O) groups is 1. The zero-order valence-electron chi connectivity index (χ0n) is 12.1. The number of methoxy groups -OCH3 is 2. The summed E-state index contributed by atoms with van der Waals surface area (Å²) in [5, 5.41) is 8.91. The molecule has 0 aliphatic rings. The van der Waals surface area contributed by atoms with Gasteiger partial charge in [-0.15, -0.1) is 0 Å². The fraction of sp³-hybridized carbons (Fsp3) is 0.462. The molecule has 118 valence electrons. The van der Waals surface area contributed by atoms with Gasteiger partial charge < -0.3 is 14.6 Å². The van der Waals surface area contributed by atoms with Crippen LogP contribution in [0.1, 0.15) is 23.7 Å². The van der Waals surface area contributed by atoms with Crippen LogP contribution in [-0.4, -0.2) is 46.4 Å². The summed E-state index contributed by atoms with van der Waals surface area (Å²) in [4.78, 5) is 10.8. The Bertz CT molecular complexity index is 599. The third-order valence-corrected chi connectivity index (χ3v) is 4.44. The second-order valence-electron chi connectivity index (χ2n) is 4.47. The van der Waals surface area contributed by atoms with Crippen molar-refractivity contribution in [2.75, 3.05) is 20.8 Å². The standard InChI is InChI=1S/C13H19NO6S/c1-9(6-7-19-2)14-21(17,18)12-5-4-10(13(15)16)8-11(12)20-3/h4-5,8-9,14H,6-7H2,1-3H3,(H,15,16).